The van der Waals surface area contributed by atoms with Gasteiger partial charge in [0.1, 0.15) is 13.2 Å². The Balaban J connectivity index is 4.27. The lowest BCUT2D eigenvalue weighted by Crippen LogP contribution is -2.30. The molecule has 0 radical (unpaired) electrons. The number of hydrogen-bond donors (Lipinski definition) is 0. The first-order valence-electron chi connectivity index (χ1n) is 35.0. The Labute approximate surface area is 486 Å². The molecule has 0 aliphatic rings. The average Bonchev–Trinajstić information content (AvgIpc) is 3.44. The van der Waals surface area contributed by atoms with Gasteiger partial charge in [0.15, 0.2) is 6.10 Å². The summed E-state index contributed by atoms with van der Waals surface area (Å²) in [6.07, 6.45) is 83.1. The van der Waals surface area contributed by atoms with Crippen LogP contribution in [0.1, 0.15) is 387 Å². The van der Waals surface area contributed by atoms with Crippen molar-refractivity contribution >= 4 is 17.9 Å². The molecule has 0 fully saturated rings. The van der Waals surface area contributed by atoms with Crippen molar-refractivity contribution in [3.05, 3.63) is 36.5 Å². The fourth-order valence-corrected chi connectivity index (χ4v) is 10.6. The van der Waals surface area contributed by atoms with E-state index in [1.54, 1.807) is 0 Å². The van der Waals surface area contributed by atoms with Gasteiger partial charge in [-0.2, -0.15) is 0 Å². The molecule has 0 aliphatic heterocycles. The lowest BCUT2D eigenvalue weighted by Gasteiger charge is -2.18. The van der Waals surface area contributed by atoms with Crippen LogP contribution in [0.15, 0.2) is 36.5 Å². The van der Waals surface area contributed by atoms with Gasteiger partial charge in [-0.15, -0.1) is 0 Å². The Morgan fingerprint density at radius 1 is 0.256 bits per heavy atom. The second kappa shape index (κ2) is 67.1. The summed E-state index contributed by atoms with van der Waals surface area (Å²) in [7, 11) is 0. The number of rotatable bonds is 65. The van der Waals surface area contributed by atoms with Gasteiger partial charge in [-0.3, -0.25) is 14.4 Å². The molecule has 1 unspecified atom stereocenters. The second-order valence-corrected chi connectivity index (χ2v) is 23.8. The highest BCUT2D eigenvalue weighted by Gasteiger charge is 2.19. The van der Waals surface area contributed by atoms with Crippen LogP contribution in [0, 0.1) is 0 Å². The van der Waals surface area contributed by atoms with Crippen molar-refractivity contribution in [2.75, 3.05) is 13.2 Å². The first-order chi connectivity index (χ1) is 38.5. The van der Waals surface area contributed by atoms with Gasteiger partial charge in [0, 0.05) is 19.3 Å². The molecule has 0 saturated heterocycles. The van der Waals surface area contributed by atoms with E-state index in [9.17, 15) is 14.4 Å². The van der Waals surface area contributed by atoms with Crippen LogP contribution in [0.3, 0.4) is 0 Å². The molecule has 0 bridgehead atoms. The van der Waals surface area contributed by atoms with Crippen molar-refractivity contribution in [3.63, 3.8) is 0 Å². The molecule has 0 saturated carbocycles. The van der Waals surface area contributed by atoms with Crippen LogP contribution in [0.4, 0.5) is 0 Å². The Morgan fingerprint density at radius 2 is 0.462 bits per heavy atom. The number of ether oxygens (including phenoxy) is 3. The molecule has 1 atom stereocenters. The van der Waals surface area contributed by atoms with E-state index in [0.717, 1.165) is 77.0 Å². The molecule has 0 aromatic rings. The van der Waals surface area contributed by atoms with Crippen LogP contribution in [0.25, 0.3) is 0 Å². The zero-order valence-corrected chi connectivity index (χ0v) is 52.7. The van der Waals surface area contributed by atoms with E-state index in [1.807, 2.05) is 0 Å². The molecule has 78 heavy (non-hydrogen) atoms. The molecular formula is C72H134O6. The summed E-state index contributed by atoms with van der Waals surface area (Å²) < 4.78 is 17.0. The van der Waals surface area contributed by atoms with Crippen molar-refractivity contribution in [1.29, 1.82) is 0 Å². The number of esters is 3. The minimum Gasteiger partial charge on any atom is -0.462 e. The summed E-state index contributed by atoms with van der Waals surface area (Å²) in [6, 6.07) is 0. The van der Waals surface area contributed by atoms with Gasteiger partial charge in [0.2, 0.25) is 0 Å². The van der Waals surface area contributed by atoms with E-state index in [0.29, 0.717) is 19.3 Å². The van der Waals surface area contributed by atoms with Crippen LogP contribution in [-0.2, 0) is 28.6 Å². The van der Waals surface area contributed by atoms with Crippen LogP contribution in [0.5, 0.6) is 0 Å². The quantitative estimate of drug-likeness (QED) is 0.0261. The normalized spacial score (nSPS) is 12.2. The topological polar surface area (TPSA) is 78.9 Å². The van der Waals surface area contributed by atoms with Crippen molar-refractivity contribution in [2.24, 2.45) is 0 Å². The van der Waals surface area contributed by atoms with Gasteiger partial charge in [-0.25, -0.2) is 0 Å². The van der Waals surface area contributed by atoms with Crippen molar-refractivity contribution in [3.8, 4) is 0 Å². The standard InChI is InChI=1S/C72H134O6/c1-4-7-10-13-16-19-22-25-28-30-32-34-35-36-37-38-40-41-44-47-50-53-56-59-62-65-71(74)77-68-69(67-76-70(73)64-61-58-55-52-49-46-43-27-24-21-18-15-12-9-6-3)78-72(75)66-63-60-57-54-51-48-45-42-39-33-31-29-26-23-20-17-14-11-8-5-2/h18,21,27,30,32,43,69H,4-17,19-20,22-26,28-29,31,33-42,44-68H2,1-3H3/b21-18-,32-30-,43-27-. The Kier molecular flexibility index (Phi) is 65.1. The minimum absolute atomic E-state index is 0.0718. The van der Waals surface area contributed by atoms with Crippen molar-refractivity contribution in [2.45, 2.75) is 393 Å². The predicted molar refractivity (Wildman–Crippen MR) is 339 cm³/mol. The molecule has 0 N–H and O–H groups in total. The molecule has 458 valence electrons. The maximum atomic E-state index is 12.9. The summed E-state index contributed by atoms with van der Waals surface area (Å²) in [5.74, 6) is -0.857. The van der Waals surface area contributed by atoms with E-state index in [1.165, 1.54) is 270 Å². The van der Waals surface area contributed by atoms with Gasteiger partial charge >= 0.3 is 17.9 Å². The fraction of sp³-hybridized carbons (Fsp3) is 0.875. The second-order valence-electron chi connectivity index (χ2n) is 23.8. The highest BCUT2D eigenvalue weighted by atomic mass is 16.6. The Bertz CT molecular complexity index is 1300. The first kappa shape index (κ1) is 75.6. The van der Waals surface area contributed by atoms with Gasteiger partial charge in [-0.1, -0.05) is 327 Å². The molecule has 6 heteroatoms. The molecule has 0 aromatic heterocycles. The fourth-order valence-electron chi connectivity index (χ4n) is 10.6. The lowest BCUT2D eigenvalue weighted by atomic mass is 10.0. The number of allylic oxidation sites excluding steroid dienone is 6. The van der Waals surface area contributed by atoms with Crippen LogP contribution >= 0.6 is 0 Å². The van der Waals surface area contributed by atoms with E-state index in [2.05, 4.69) is 57.2 Å². The zero-order chi connectivity index (χ0) is 56.4. The van der Waals surface area contributed by atoms with Crippen LogP contribution < -0.4 is 0 Å². The highest BCUT2D eigenvalue weighted by Crippen LogP contribution is 2.18. The minimum atomic E-state index is -0.776. The number of hydrogen-bond acceptors (Lipinski definition) is 6. The molecule has 0 spiro atoms. The number of carbonyl (C=O) groups is 3. The number of carbonyl (C=O) groups excluding carboxylic acids is 3. The first-order valence-corrected chi connectivity index (χ1v) is 35.0. The molecule has 0 heterocycles. The molecule has 0 amide bonds. The smallest absolute Gasteiger partial charge is 0.306 e. The van der Waals surface area contributed by atoms with Crippen molar-refractivity contribution < 1.29 is 28.6 Å². The molecule has 0 aromatic carbocycles. The van der Waals surface area contributed by atoms with Gasteiger partial charge in [-0.05, 0) is 77.0 Å². The maximum absolute atomic E-state index is 12.9. The molecular weight excluding hydrogens is 961 g/mol. The van der Waals surface area contributed by atoms with Crippen LogP contribution in [-0.4, -0.2) is 37.2 Å². The third kappa shape index (κ3) is 64.5. The molecule has 6 nitrogen and oxygen atoms in total. The largest absolute Gasteiger partial charge is 0.462 e. The zero-order valence-electron chi connectivity index (χ0n) is 52.7. The van der Waals surface area contributed by atoms with Gasteiger partial charge in [0.05, 0.1) is 0 Å². The summed E-state index contributed by atoms with van der Waals surface area (Å²) in [6.45, 7) is 6.68. The summed E-state index contributed by atoms with van der Waals surface area (Å²) in [5, 5.41) is 0. The van der Waals surface area contributed by atoms with Crippen molar-refractivity contribution in [1.82, 2.24) is 0 Å². The Hall–Kier alpha value is -2.37. The molecule has 0 rings (SSSR count). The average molecular weight is 1100 g/mol. The summed E-state index contributed by atoms with van der Waals surface area (Å²) in [4.78, 5) is 38.4. The third-order valence-corrected chi connectivity index (χ3v) is 15.9. The monoisotopic (exact) mass is 1100 g/mol. The number of unbranched alkanes of at least 4 members (excludes halogenated alkanes) is 48. The summed E-state index contributed by atoms with van der Waals surface area (Å²) in [5.41, 5.74) is 0. The highest BCUT2D eigenvalue weighted by molar-refractivity contribution is 5.71. The van der Waals surface area contributed by atoms with Crippen LogP contribution in [0.2, 0.25) is 0 Å². The van der Waals surface area contributed by atoms with E-state index in [-0.39, 0.29) is 31.1 Å². The third-order valence-electron chi connectivity index (χ3n) is 15.9. The summed E-state index contributed by atoms with van der Waals surface area (Å²) >= 11 is 0. The van der Waals surface area contributed by atoms with E-state index >= 15 is 0 Å². The van der Waals surface area contributed by atoms with E-state index in [4.69, 9.17) is 14.2 Å². The SMILES string of the molecule is CCCCC/C=C\C/C=C\CCCCCCCC(=O)OCC(COC(=O)CCCCCCCCCCCCCCC/C=C\CCCCCCCCCC)OC(=O)CCCCCCCCCCCCCCCCCCCCCC. The lowest BCUT2D eigenvalue weighted by molar-refractivity contribution is -0.167. The molecule has 0 aliphatic carbocycles. The maximum Gasteiger partial charge on any atom is 0.306 e. The van der Waals surface area contributed by atoms with Gasteiger partial charge < -0.3 is 14.2 Å². The van der Waals surface area contributed by atoms with Gasteiger partial charge in [0.25, 0.3) is 0 Å². The predicted octanol–water partition coefficient (Wildman–Crippen LogP) is 23.9. The van der Waals surface area contributed by atoms with E-state index < -0.39 is 6.10 Å². The Morgan fingerprint density at radius 3 is 0.744 bits per heavy atom.